The number of para-hydroxylation sites is 2. The fourth-order valence-corrected chi connectivity index (χ4v) is 11.2. The molecule has 26 N–H and O–H groups in total. The number of phosphoric acid groups is 6. The number of nitrogens with two attached hydrogens (primary N) is 2. The summed E-state index contributed by atoms with van der Waals surface area (Å²) in [7, 11) is -39.3. The van der Waals surface area contributed by atoms with Gasteiger partial charge < -0.3 is 86.2 Å². The van der Waals surface area contributed by atoms with Crippen molar-refractivity contribution < 1.29 is 128 Å². The molecule has 1 aliphatic rings. The molecule has 28 nitrogen and oxygen atoms in total. The molecular weight excluding hydrogens is 906 g/mol. The van der Waals surface area contributed by atoms with Crippen molar-refractivity contribution in [2.75, 3.05) is 11.5 Å². The summed E-state index contributed by atoms with van der Waals surface area (Å²) in [6.45, 7) is 0. The fraction of sp³-hybridized carbons (Fsp3) is 0. The van der Waals surface area contributed by atoms with Gasteiger partial charge in [0.25, 0.3) is 46.9 Å². The highest BCUT2D eigenvalue weighted by Crippen LogP contribution is 2.74. The van der Waals surface area contributed by atoms with Crippen LogP contribution in [-0.4, -0.2) is 11.0 Å². The minimum atomic E-state index is -6.56. The number of anilines is 2. The van der Waals surface area contributed by atoms with Gasteiger partial charge in [-0.25, -0.2) is 25.9 Å². The summed E-state index contributed by atoms with van der Waals surface area (Å²) < 4.78 is 83.4. The SMILES string of the molecule is Nc1ccccc1[NH3+].Nc1ccccc1[NH3+].O.O.O=P1([O-])OP(=O)([O-])OP(=O)([O-])OP(=O)([O-])OP(=O)([O-])OP(=O)([O-])O1.[NH3+]c1ccccc1[NH3+].[NH3+]c1ccccc1[NH3+]. The summed E-state index contributed by atoms with van der Waals surface area (Å²) in [6, 6.07) is 30.7. The zero-order valence-electron chi connectivity index (χ0n) is 29.7. The highest BCUT2D eigenvalue weighted by Gasteiger charge is 2.36. The molecule has 0 atom stereocenters. The Morgan fingerprint density at radius 3 is 0.569 bits per heavy atom. The Kier molecular flexibility index (Phi) is 24.0. The predicted molar refractivity (Wildman–Crippen MR) is 189 cm³/mol. The zero-order chi connectivity index (χ0) is 43.2. The fourth-order valence-electron chi connectivity index (χ4n) is 3.01. The molecule has 58 heavy (non-hydrogen) atoms. The molecule has 0 unspecified atom stereocenters. The Morgan fingerprint density at radius 1 is 0.328 bits per heavy atom. The van der Waals surface area contributed by atoms with E-state index in [2.05, 4.69) is 60.3 Å². The second-order valence-electron chi connectivity index (χ2n) is 10.1. The standard InChI is InChI=1S/4C6H8N2.H6O18P6.2H2O/c4*7-5-3-1-2-4-6(5)8;1-19(2)13-20(3,4)15-22(7,8)17-24(11,12)18-23(9,10)16-21(5,6)14-19;;/h4*1-4H,7-8H2;(H,1,2)(H,3,4)(H,5,6)(H,7,8)(H,9,10)(H,11,12);2*1H2. The molecule has 0 aliphatic carbocycles. The van der Waals surface area contributed by atoms with Crippen molar-refractivity contribution in [1.29, 1.82) is 0 Å². The van der Waals surface area contributed by atoms with Crippen molar-refractivity contribution in [3.63, 3.8) is 0 Å². The van der Waals surface area contributed by atoms with Crippen LogP contribution in [0.25, 0.3) is 0 Å². The summed E-state index contributed by atoms with van der Waals surface area (Å²) in [4.78, 5) is 65.8. The van der Waals surface area contributed by atoms with E-state index in [1.807, 2.05) is 97.1 Å². The number of benzene rings is 4. The van der Waals surface area contributed by atoms with E-state index in [1.165, 1.54) is 0 Å². The monoisotopic (exact) mass is 948 g/mol. The van der Waals surface area contributed by atoms with Crippen LogP contribution in [0.15, 0.2) is 97.1 Å². The molecule has 0 saturated carbocycles. The molecule has 0 aromatic heterocycles. The van der Waals surface area contributed by atoms with E-state index in [0.717, 1.165) is 45.5 Å². The van der Waals surface area contributed by atoms with Crippen LogP contribution < -0.4 is 75.2 Å². The molecule has 1 saturated heterocycles. The lowest BCUT2D eigenvalue weighted by Crippen LogP contribution is -2.49. The minimum Gasteiger partial charge on any atom is -0.756 e. The second kappa shape index (κ2) is 24.3. The van der Waals surface area contributed by atoms with Crippen molar-refractivity contribution in [2.24, 2.45) is 0 Å². The van der Waals surface area contributed by atoms with Crippen LogP contribution in [0.5, 0.6) is 0 Å². The maximum absolute atomic E-state index is 11.0. The van der Waals surface area contributed by atoms with E-state index in [1.54, 1.807) is 0 Å². The third kappa shape index (κ3) is 24.2. The average Bonchev–Trinajstić information content (AvgIpc) is 3.00. The first-order valence-corrected chi connectivity index (χ1v) is 23.2. The molecule has 5 rings (SSSR count). The van der Waals surface area contributed by atoms with E-state index in [0.29, 0.717) is 0 Å². The van der Waals surface area contributed by atoms with Crippen molar-refractivity contribution in [3.05, 3.63) is 97.1 Å². The van der Waals surface area contributed by atoms with Gasteiger partial charge in [-0.1, -0.05) is 48.5 Å². The van der Waals surface area contributed by atoms with Crippen molar-refractivity contribution in [3.8, 4) is 0 Å². The first kappa shape index (κ1) is 57.2. The molecule has 0 radical (unpaired) electrons. The second-order valence-corrected chi connectivity index (χ2v) is 19.4. The number of hydrogen-bond acceptors (Lipinski definition) is 20. The molecule has 328 valence electrons. The molecule has 0 bridgehead atoms. The topological polar surface area (TPSA) is 577 Å². The van der Waals surface area contributed by atoms with Crippen LogP contribution in [-0.2, 0) is 53.3 Å². The number of rotatable bonds is 0. The maximum Gasteiger partial charge on any atom is 0.280 e. The Labute approximate surface area is 328 Å². The zero-order valence-corrected chi connectivity index (χ0v) is 35.0. The van der Waals surface area contributed by atoms with E-state index in [4.69, 9.17) is 11.5 Å². The van der Waals surface area contributed by atoms with Crippen molar-refractivity contribution in [2.45, 2.75) is 0 Å². The van der Waals surface area contributed by atoms with Gasteiger partial charge in [0.2, 0.25) is 0 Å². The van der Waals surface area contributed by atoms with Crippen molar-refractivity contribution >= 4 is 92.4 Å². The van der Waals surface area contributed by atoms with Gasteiger partial charge in [-0.05, 0) is 12.1 Å². The van der Waals surface area contributed by atoms with Gasteiger partial charge in [-0.3, -0.25) is 27.4 Å². The number of nitrogen functional groups attached to an aromatic ring is 2. The molecule has 4 aromatic carbocycles. The molecular formula is C24H42N8O20P6. The van der Waals surface area contributed by atoms with Gasteiger partial charge in [-0.15, -0.1) is 0 Å². The summed E-state index contributed by atoms with van der Waals surface area (Å²) >= 11 is 0. The smallest absolute Gasteiger partial charge is 0.280 e. The Bertz CT molecular complexity index is 1760. The van der Waals surface area contributed by atoms with Gasteiger partial charge in [0.15, 0.2) is 34.1 Å². The van der Waals surface area contributed by atoms with Gasteiger partial charge >= 0.3 is 0 Å². The highest BCUT2D eigenvalue weighted by molar-refractivity contribution is 7.73. The lowest BCUT2D eigenvalue weighted by molar-refractivity contribution is -0.299. The average molecular weight is 948 g/mol. The number of hydrogen-bond donors (Lipinski definition) is 8. The summed E-state index contributed by atoms with van der Waals surface area (Å²) in [5.74, 6) is 0. The summed E-state index contributed by atoms with van der Waals surface area (Å²) in [5.41, 5.74) is 40.7. The minimum absolute atomic E-state index is 0. The molecule has 34 heteroatoms. The third-order valence-corrected chi connectivity index (χ3v) is 15.1. The highest BCUT2D eigenvalue weighted by atomic mass is 31.3. The molecule has 0 spiro atoms. The van der Waals surface area contributed by atoms with Crippen LogP contribution >= 0.6 is 46.9 Å². The Morgan fingerprint density at radius 2 is 0.466 bits per heavy atom. The largest absolute Gasteiger partial charge is 0.756 e. The predicted octanol–water partition coefficient (Wildman–Crippen LogP) is -5.59. The lowest BCUT2D eigenvalue weighted by Gasteiger charge is -2.41. The van der Waals surface area contributed by atoms with Crippen LogP contribution in [0.2, 0.25) is 0 Å². The molecule has 1 aliphatic heterocycles. The normalized spacial score (nSPS) is 27.9. The maximum atomic E-state index is 11.0. The van der Waals surface area contributed by atoms with Crippen molar-refractivity contribution in [1.82, 2.24) is 0 Å². The third-order valence-electron chi connectivity index (χ3n) is 5.55. The molecule has 1 fully saturated rings. The first-order valence-electron chi connectivity index (χ1n) is 14.4. The van der Waals surface area contributed by atoms with E-state index >= 15 is 0 Å². The van der Waals surface area contributed by atoms with Gasteiger partial charge in [0.05, 0.1) is 11.4 Å². The van der Waals surface area contributed by atoms with Crippen LogP contribution in [0.4, 0.5) is 45.5 Å². The molecule has 4 aromatic rings. The first-order chi connectivity index (χ1) is 25.5. The summed E-state index contributed by atoms with van der Waals surface area (Å²) in [5, 5.41) is 0. The van der Waals surface area contributed by atoms with Gasteiger partial charge in [0, 0.05) is 36.4 Å². The number of quaternary nitrogens is 6. The molecule has 0 amide bonds. The summed E-state index contributed by atoms with van der Waals surface area (Å²) in [6.07, 6.45) is 0. The lowest BCUT2D eigenvalue weighted by atomic mass is 10.3. The van der Waals surface area contributed by atoms with Crippen LogP contribution in [0.3, 0.4) is 0 Å². The van der Waals surface area contributed by atoms with Crippen LogP contribution in [0.1, 0.15) is 0 Å². The van der Waals surface area contributed by atoms with Crippen LogP contribution in [0, 0.1) is 0 Å². The van der Waals surface area contributed by atoms with E-state index in [9.17, 15) is 56.8 Å². The Balaban J connectivity index is 0. The molecule has 1 heterocycles. The van der Waals surface area contributed by atoms with E-state index in [-0.39, 0.29) is 11.0 Å². The van der Waals surface area contributed by atoms with Gasteiger partial charge in [0.1, 0.15) is 0 Å². The quantitative estimate of drug-likeness (QED) is 0.0602. The van der Waals surface area contributed by atoms with E-state index < -0.39 is 46.9 Å². The van der Waals surface area contributed by atoms with Gasteiger partial charge in [-0.2, -0.15) is 0 Å². The Hall–Kier alpha value is -2.94.